The van der Waals surface area contributed by atoms with Crippen LogP contribution in [0.15, 0.2) is 22.5 Å². The number of methoxy groups -OCH3 is 2. The summed E-state index contributed by atoms with van der Waals surface area (Å²) >= 11 is 2.87. The zero-order valence-corrected chi connectivity index (χ0v) is 16.7. The first-order valence-electron chi connectivity index (χ1n) is 8.31. The molecule has 0 radical (unpaired) electrons. The molecule has 1 aliphatic rings. The molecule has 1 aromatic heterocycles. The van der Waals surface area contributed by atoms with E-state index >= 15 is 0 Å². The Hall–Kier alpha value is -2.00. The molecule has 26 heavy (non-hydrogen) atoms. The van der Waals surface area contributed by atoms with E-state index in [-0.39, 0.29) is 11.9 Å². The zero-order chi connectivity index (χ0) is 18.5. The predicted octanol–water partition coefficient (Wildman–Crippen LogP) is 3.05. The average Bonchev–Trinajstić information content (AvgIpc) is 3.34. The average molecular weight is 395 g/mol. The third-order valence-corrected chi connectivity index (χ3v) is 6.37. The van der Waals surface area contributed by atoms with E-state index < -0.39 is 0 Å². The number of nitrogens with one attached hydrogen (secondary N) is 1. The van der Waals surface area contributed by atoms with Crippen molar-refractivity contribution >= 4 is 34.1 Å². The molecule has 9 heteroatoms. The summed E-state index contributed by atoms with van der Waals surface area (Å²) in [5.74, 6) is 2.00. The standard InChI is InChI=1S/C17H22N4O3S2/c1-18-16-19-20-17(26-16)25-10-15(22)21-8-4-5-13(21)12-9-11(23-2)6-7-14(12)24-3/h6-7,9,13H,4-5,8,10H2,1-3H3,(H,18,19)/t13-/m1/s1. The van der Waals surface area contributed by atoms with E-state index in [0.29, 0.717) is 5.75 Å². The molecule has 2 heterocycles. The van der Waals surface area contributed by atoms with Gasteiger partial charge in [0.2, 0.25) is 11.0 Å². The maximum absolute atomic E-state index is 12.8. The Morgan fingerprint density at radius 1 is 1.38 bits per heavy atom. The summed E-state index contributed by atoms with van der Waals surface area (Å²) in [7, 11) is 5.09. The van der Waals surface area contributed by atoms with Crippen molar-refractivity contribution in [2.45, 2.75) is 23.2 Å². The van der Waals surface area contributed by atoms with Gasteiger partial charge in [-0.3, -0.25) is 4.79 Å². The lowest BCUT2D eigenvalue weighted by Gasteiger charge is -2.26. The Balaban J connectivity index is 1.72. The molecule has 1 saturated heterocycles. The van der Waals surface area contributed by atoms with Crippen LogP contribution in [0.25, 0.3) is 0 Å². The fourth-order valence-corrected chi connectivity index (χ4v) is 4.66. The van der Waals surface area contributed by atoms with Crippen molar-refractivity contribution in [2.24, 2.45) is 0 Å². The lowest BCUT2D eigenvalue weighted by Crippen LogP contribution is -2.32. The lowest BCUT2D eigenvalue weighted by atomic mass is 10.0. The van der Waals surface area contributed by atoms with E-state index in [0.717, 1.165) is 45.9 Å². The second-order valence-electron chi connectivity index (χ2n) is 5.76. The second kappa shape index (κ2) is 8.59. The quantitative estimate of drug-likeness (QED) is 0.723. The van der Waals surface area contributed by atoms with Crippen LogP contribution in [0.4, 0.5) is 5.13 Å². The molecule has 0 aliphatic carbocycles. The topological polar surface area (TPSA) is 76.6 Å². The Morgan fingerprint density at radius 3 is 2.92 bits per heavy atom. The summed E-state index contributed by atoms with van der Waals surface area (Å²) < 4.78 is 11.6. The van der Waals surface area contributed by atoms with Crippen LogP contribution in [-0.2, 0) is 4.79 Å². The molecule has 1 N–H and O–H groups in total. The van der Waals surface area contributed by atoms with Gasteiger partial charge in [0.25, 0.3) is 0 Å². The molecule has 0 spiro atoms. The Kier molecular flexibility index (Phi) is 6.20. The van der Waals surface area contributed by atoms with Crippen molar-refractivity contribution in [2.75, 3.05) is 38.9 Å². The van der Waals surface area contributed by atoms with E-state index in [1.807, 2.05) is 23.1 Å². The maximum atomic E-state index is 12.8. The van der Waals surface area contributed by atoms with Gasteiger partial charge in [0, 0.05) is 19.2 Å². The highest BCUT2D eigenvalue weighted by Gasteiger charge is 2.32. The van der Waals surface area contributed by atoms with Gasteiger partial charge < -0.3 is 19.7 Å². The first-order valence-corrected chi connectivity index (χ1v) is 10.1. The van der Waals surface area contributed by atoms with E-state index in [2.05, 4.69) is 15.5 Å². The minimum atomic E-state index is 0.00967. The number of benzene rings is 1. The number of hydrogen-bond acceptors (Lipinski definition) is 8. The molecule has 7 nitrogen and oxygen atoms in total. The van der Waals surface area contributed by atoms with Crippen LogP contribution in [0, 0.1) is 0 Å². The van der Waals surface area contributed by atoms with Crippen LogP contribution in [0.5, 0.6) is 11.5 Å². The summed E-state index contributed by atoms with van der Waals surface area (Å²) in [5, 5.41) is 11.8. The van der Waals surface area contributed by atoms with Crippen molar-refractivity contribution in [3.63, 3.8) is 0 Å². The third kappa shape index (κ3) is 4.04. The number of likely N-dealkylation sites (tertiary alicyclic amines) is 1. The third-order valence-electron chi connectivity index (χ3n) is 4.31. The van der Waals surface area contributed by atoms with Gasteiger partial charge in [-0.25, -0.2) is 0 Å². The maximum Gasteiger partial charge on any atom is 0.233 e. The van der Waals surface area contributed by atoms with Crippen molar-refractivity contribution in [3.05, 3.63) is 23.8 Å². The number of nitrogens with zero attached hydrogens (tertiary/aromatic N) is 3. The molecular weight excluding hydrogens is 372 g/mol. The summed E-state index contributed by atoms with van der Waals surface area (Å²) in [5.41, 5.74) is 0.996. The highest BCUT2D eigenvalue weighted by Crippen LogP contribution is 2.39. The van der Waals surface area contributed by atoms with Crippen molar-refractivity contribution in [1.82, 2.24) is 15.1 Å². The van der Waals surface area contributed by atoms with E-state index in [1.165, 1.54) is 23.1 Å². The normalized spacial score (nSPS) is 16.6. The molecule has 1 aliphatic heterocycles. The number of rotatable bonds is 7. The van der Waals surface area contributed by atoms with Crippen LogP contribution in [0.1, 0.15) is 24.4 Å². The first kappa shape index (κ1) is 18.8. The molecular formula is C17H22N4O3S2. The Bertz CT molecular complexity index is 768. The lowest BCUT2D eigenvalue weighted by molar-refractivity contribution is -0.129. The largest absolute Gasteiger partial charge is 0.497 e. The van der Waals surface area contributed by atoms with Gasteiger partial charge in [-0.05, 0) is 31.0 Å². The van der Waals surface area contributed by atoms with Gasteiger partial charge >= 0.3 is 0 Å². The number of thioether (sulfide) groups is 1. The van der Waals surface area contributed by atoms with E-state index in [1.54, 1.807) is 21.3 Å². The Morgan fingerprint density at radius 2 is 2.23 bits per heavy atom. The van der Waals surface area contributed by atoms with Gasteiger partial charge in [0.05, 0.1) is 26.0 Å². The summed E-state index contributed by atoms with van der Waals surface area (Å²) in [6, 6.07) is 5.74. The van der Waals surface area contributed by atoms with Crippen LogP contribution >= 0.6 is 23.1 Å². The van der Waals surface area contributed by atoms with Gasteiger partial charge in [0.15, 0.2) is 4.34 Å². The summed E-state index contributed by atoms with van der Waals surface area (Å²) in [6.07, 6.45) is 1.90. The minimum Gasteiger partial charge on any atom is -0.497 e. The van der Waals surface area contributed by atoms with E-state index in [4.69, 9.17) is 9.47 Å². The van der Waals surface area contributed by atoms with Crippen molar-refractivity contribution < 1.29 is 14.3 Å². The minimum absolute atomic E-state index is 0.00967. The molecule has 140 valence electrons. The molecule has 2 aromatic rings. The van der Waals surface area contributed by atoms with Crippen molar-refractivity contribution in [3.8, 4) is 11.5 Å². The van der Waals surface area contributed by atoms with Gasteiger partial charge in [-0.2, -0.15) is 0 Å². The number of anilines is 1. The zero-order valence-electron chi connectivity index (χ0n) is 15.0. The van der Waals surface area contributed by atoms with Crippen LogP contribution in [-0.4, -0.2) is 54.6 Å². The molecule has 1 amide bonds. The first-order chi connectivity index (χ1) is 12.7. The second-order valence-corrected chi connectivity index (χ2v) is 7.96. The number of carbonyl (C=O) groups excluding carboxylic acids is 1. The molecule has 1 atom stereocenters. The summed E-state index contributed by atoms with van der Waals surface area (Å²) in [4.78, 5) is 14.7. The molecule has 0 unspecified atom stereocenters. The number of carbonyl (C=O) groups is 1. The molecule has 1 fully saturated rings. The number of ether oxygens (including phenoxy) is 2. The SMILES string of the molecule is CNc1nnc(SCC(=O)N2CCC[C@@H]2c2cc(OC)ccc2OC)s1. The van der Waals surface area contributed by atoms with Crippen molar-refractivity contribution in [1.29, 1.82) is 0 Å². The molecule has 0 saturated carbocycles. The molecule has 3 rings (SSSR count). The van der Waals surface area contributed by atoms with Gasteiger partial charge in [-0.1, -0.05) is 23.1 Å². The number of hydrogen-bond donors (Lipinski definition) is 1. The highest BCUT2D eigenvalue weighted by molar-refractivity contribution is 8.01. The molecule has 1 aromatic carbocycles. The fraction of sp³-hybridized carbons (Fsp3) is 0.471. The van der Waals surface area contributed by atoms with Crippen LogP contribution in [0.3, 0.4) is 0 Å². The number of amides is 1. The monoisotopic (exact) mass is 394 g/mol. The Labute approximate surface area is 161 Å². The van der Waals surface area contributed by atoms with Crippen LogP contribution < -0.4 is 14.8 Å². The van der Waals surface area contributed by atoms with Gasteiger partial charge in [-0.15, -0.1) is 10.2 Å². The van der Waals surface area contributed by atoms with Gasteiger partial charge in [0.1, 0.15) is 11.5 Å². The summed E-state index contributed by atoms with van der Waals surface area (Å²) in [6.45, 7) is 0.752. The van der Waals surface area contributed by atoms with Crippen LogP contribution in [0.2, 0.25) is 0 Å². The number of aromatic nitrogens is 2. The predicted molar refractivity (Wildman–Crippen MR) is 103 cm³/mol. The fourth-order valence-electron chi connectivity index (χ4n) is 3.06. The highest BCUT2D eigenvalue weighted by atomic mass is 32.2. The van der Waals surface area contributed by atoms with E-state index in [9.17, 15) is 4.79 Å². The smallest absolute Gasteiger partial charge is 0.233 e. The molecule has 0 bridgehead atoms.